The molecule has 3 heteroatoms. The zero-order valence-corrected chi connectivity index (χ0v) is 17.3. The molecule has 1 N–H and O–H groups in total. The monoisotopic (exact) mass is 383 g/mol. The van der Waals surface area contributed by atoms with Crippen molar-refractivity contribution >= 4 is 0 Å². The van der Waals surface area contributed by atoms with Gasteiger partial charge in [-0.05, 0) is 93.2 Å². The molecule has 28 heavy (non-hydrogen) atoms. The normalized spacial score (nSPS) is 37.1. The summed E-state index contributed by atoms with van der Waals surface area (Å²) < 4.78 is 6.22. The van der Waals surface area contributed by atoms with Gasteiger partial charge < -0.3 is 9.84 Å². The number of aliphatic hydroxyl groups is 1. The molecule has 1 saturated heterocycles. The van der Waals surface area contributed by atoms with Crippen LogP contribution in [0, 0.1) is 23.2 Å². The van der Waals surface area contributed by atoms with Crippen LogP contribution in [0.5, 0.6) is 0 Å². The summed E-state index contributed by atoms with van der Waals surface area (Å²) >= 11 is 0. The van der Waals surface area contributed by atoms with Crippen LogP contribution in [-0.4, -0.2) is 41.8 Å². The maximum Gasteiger partial charge on any atom is 0.0774 e. The number of rotatable bonds is 7. The Hall–Kier alpha value is -0.900. The van der Waals surface area contributed by atoms with Crippen molar-refractivity contribution < 1.29 is 9.84 Å². The number of hydrogen-bond donors (Lipinski definition) is 1. The van der Waals surface area contributed by atoms with Crippen molar-refractivity contribution in [3.05, 3.63) is 35.9 Å². The van der Waals surface area contributed by atoms with Crippen LogP contribution in [0.3, 0.4) is 0 Å². The third-order valence-electron chi connectivity index (χ3n) is 8.34. The van der Waals surface area contributed by atoms with Gasteiger partial charge in [0.2, 0.25) is 0 Å². The summed E-state index contributed by atoms with van der Waals surface area (Å²) in [6.45, 7) is 3.57. The first-order valence-corrected chi connectivity index (χ1v) is 11.8. The van der Waals surface area contributed by atoms with E-state index in [-0.39, 0.29) is 17.6 Å². The number of ether oxygens (including phenoxy) is 1. The van der Waals surface area contributed by atoms with E-state index in [1.807, 2.05) is 0 Å². The zero-order chi connectivity index (χ0) is 19.0. The zero-order valence-electron chi connectivity index (χ0n) is 17.3. The van der Waals surface area contributed by atoms with E-state index in [1.165, 1.54) is 63.4 Å². The average Bonchev–Trinajstić information content (AvgIpc) is 2.71. The van der Waals surface area contributed by atoms with E-state index in [9.17, 15) is 5.11 Å². The lowest BCUT2D eigenvalue weighted by atomic mass is 9.47. The van der Waals surface area contributed by atoms with Gasteiger partial charge >= 0.3 is 0 Å². The molecule has 2 atom stereocenters. The minimum absolute atomic E-state index is 0.167. The molecule has 5 aliphatic rings. The van der Waals surface area contributed by atoms with Crippen molar-refractivity contribution in [3.8, 4) is 0 Å². The lowest BCUT2D eigenvalue weighted by Crippen LogP contribution is -2.60. The number of nitrogens with zero attached hydrogens (tertiary/aromatic N) is 1. The van der Waals surface area contributed by atoms with Crippen LogP contribution < -0.4 is 0 Å². The first-order valence-electron chi connectivity index (χ1n) is 11.8. The summed E-state index contributed by atoms with van der Waals surface area (Å²) in [5.74, 6) is 2.65. The molecule has 6 rings (SSSR count). The molecular formula is C25H37NO2. The highest BCUT2D eigenvalue weighted by molar-refractivity contribution is 5.13. The highest BCUT2D eigenvalue weighted by Crippen LogP contribution is 2.61. The lowest BCUT2D eigenvalue weighted by molar-refractivity contribution is -0.154. The summed E-state index contributed by atoms with van der Waals surface area (Å²) in [6.07, 6.45) is 11.7. The van der Waals surface area contributed by atoms with Crippen molar-refractivity contribution in [1.29, 1.82) is 0 Å². The van der Waals surface area contributed by atoms with Crippen molar-refractivity contribution in [2.75, 3.05) is 19.7 Å². The first kappa shape index (κ1) is 19.1. The second kappa shape index (κ2) is 8.08. The number of piperidine rings is 1. The van der Waals surface area contributed by atoms with E-state index in [2.05, 4.69) is 35.2 Å². The molecule has 0 spiro atoms. The molecule has 5 fully saturated rings. The Kier molecular flexibility index (Phi) is 5.51. The molecule has 1 aromatic carbocycles. The second-order valence-corrected chi connectivity index (χ2v) is 10.4. The Balaban J connectivity index is 1.30. The number of aliphatic hydroxyl groups excluding tert-OH is 1. The SMILES string of the molecule is O[C@H]([C@@H](COCc1ccccc1)N1CCCCC1)C12CC3CC(CC(C3)C1)C2. The summed E-state index contributed by atoms with van der Waals surface area (Å²) in [7, 11) is 0. The molecule has 4 saturated carbocycles. The van der Waals surface area contributed by atoms with Crippen molar-refractivity contribution in [1.82, 2.24) is 4.90 Å². The van der Waals surface area contributed by atoms with Crippen LogP contribution in [-0.2, 0) is 11.3 Å². The third-order valence-corrected chi connectivity index (χ3v) is 8.34. The molecule has 0 amide bonds. The van der Waals surface area contributed by atoms with Gasteiger partial charge in [0.25, 0.3) is 0 Å². The van der Waals surface area contributed by atoms with Crippen LogP contribution in [0.1, 0.15) is 63.4 Å². The van der Waals surface area contributed by atoms with Gasteiger partial charge in [0.15, 0.2) is 0 Å². The lowest BCUT2D eigenvalue weighted by Gasteiger charge is -2.60. The minimum Gasteiger partial charge on any atom is -0.391 e. The summed E-state index contributed by atoms with van der Waals surface area (Å²) in [5, 5.41) is 11.8. The Morgan fingerprint density at radius 2 is 1.54 bits per heavy atom. The fourth-order valence-electron chi connectivity index (χ4n) is 7.47. The van der Waals surface area contributed by atoms with E-state index < -0.39 is 0 Å². The predicted octanol–water partition coefficient (Wildman–Crippen LogP) is 4.64. The predicted molar refractivity (Wildman–Crippen MR) is 112 cm³/mol. The standard InChI is InChI=1S/C25H37NO2/c27-24(25-14-20-11-21(15-25)13-22(12-20)16-25)23(26-9-5-2-6-10-26)18-28-17-19-7-3-1-4-8-19/h1,3-4,7-8,20-24,27H,2,5-6,9-18H2/t20?,21?,22?,23-,24-,25?/m1/s1. The summed E-state index contributed by atoms with van der Waals surface area (Å²) in [5.41, 5.74) is 1.40. The Morgan fingerprint density at radius 3 is 2.14 bits per heavy atom. The van der Waals surface area contributed by atoms with E-state index in [0.29, 0.717) is 13.2 Å². The maximum atomic E-state index is 11.8. The van der Waals surface area contributed by atoms with E-state index in [0.717, 1.165) is 30.8 Å². The van der Waals surface area contributed by atoms with Gasteiger partial charge in [-0.2, -0.15) is 0 Å². The van der Waals surface area contributed by atoms with Crippen molar-refractivity contribution in [3.63, 3.8) is 0 Å². The fraction of sp³-hybridized carbons (Fsp3) is 0.760. The van der Waals surface area contributed by atoms with Gasteiger partial charge in [0.05, 0.1) is 25.4 Å². The van der Waals surface area contributed by atoms with Crippen LogP contribution in [0.4, 0.5) is 0 Å². The molecule has 0 unspecified atom stereocenters. The van der Waals surface area contributed by atoms with Gasteiger partial charge in [-0.15, -0.1) is 0 Å². The molecule has 4 aliphatic carbocycles. The third kappa shape index (κ3) is 3.78. The smallest absolute Gasteiger partial charge is 0.0774 e. The van der Waals surface area contributed by atoms with E-state index in [1.54, 1.807) is 0 Å². The first-order chi connectivity index (χ1) is 13.7. The van der Waals surface area contributed by atoms with Crippen LogP contribution in [0.25, 0.3) is 0 Å². The molecule has 3 nitrogen and oxygen atoms in total. The van der Waals surface area contributed by atoms with Gasteiger partial charge in [-0.1, -0.05) is 36.8 Å². The summed E-state index contributed by atoms with van der Waals surface area (Å²) in [6, 6.07) is 10.6. The summed E-state index contributed by atoms with van der Waals surface area (Å²) in [4.78, 5) is 2.57. The Labute approximate surface area is 170 Å². The van der Waals surface area contributed by atoms with Crippen molar-refractivity contribution in [2.24, 2.45) is 23.2 Å². The molecule has 0 radical (unpaired) electrons. The van der Waals surface area contributed by atoms with Crippen LogP contribution >= 0.6 is 0 Å². The maximum absolute atomic E-state index is 11.8. The Bertz CT molecular complexity index is 604. The minimum atomic E-state index is -0.227. The molecule has 4 bridgehead atoms. The highest BCUT2D eigenvalue weighted by Gasteiger charge is 2.56. The van der Waals surface area contributed by atoms with Gasteiger partial charge in [-0.3, -0.25) is 4.90 Å². The molecule has 1 aliphatic heterocycles. The quantitative estimate of drug-likeness (QED) is 0.745. The van der Waals surface area contributed by atoms with E-state index >= 15 is 0 Å². The number of benzene rings is 1. The Morgan fingerprint density at radius 1 is 0.929 bits per heavy atom. The average molecular weight is 384 g/mol. The topological polar surface area (TPSA) is 32.7 Å². The van der Waals surface area contributed by atoms with Gasteiger partial charge in [0.1, 0.15) is 0 Å². The van der Waals surface area contributed by atoms with E-state index in [4.69, 9.17) is 4.74 Å². The second-order valence-electron chi connectivity index (χ2n) is 10.4. The van der Waals surface area contributed by atoms with Crippen molar-refractivity contribution in [2.45, 2.75) is 76.5 Å². The van der Waals surface area contributed by atoms with Crippen LogP contribution in [0.2, 0.25) is 0 Å². The number of likely N-dealkylation sites (tertiary alicyclic amines) is 1. The molecule has 1 heterocycles. The van der Waals surface area contributed by atoms with Gasteiger partial charge in [-0.25, -0.2) is 0 Å². The molecular weight excluding hydrogens is 346 g/mol. The fourth-order valence-corrected chi connectivity index (χ4v) is 7.47. The largest absolute Gasteiger partial charge is 0.391 e. The molecule has 154 valence electrons. The highest BCUT2D eigenvalue weighted by atomic mass is 16.5. The molecule has 0 aromatic heterocycles. The molecule has 1 aromatic rings. The van der Waals surface area contributed by atoms with Gasteiger partial charge in [0, 0.05) is 0 Å². The van der Waals surface area contributed by atoms with Crippen LogP contribution in [0.15, 0.2) is 30.3 Å². The number of hydrogen-bond acceptors (Lipinski definition) is 3.